The maximum atomic E-state index is 13.3. The van der Waals surface area contributed by atoms with E-state index in [1.54, 1.807) is 7.11 Å². The smallest absolute Gasteiger partial charge is 0.360 e. The second-order valence-corrected chi connectivity index (χ2v) is 8.19. The van der Waals surface area contributed by atoms with Crippen LogP contribution in [0.1, 0.15) is 57.4 Å². The molecule has 0 radical (unpaired) electrons. The van der Waals surface area contributed by atoms with Crippen molar-refractivity contribution in [3.05, 3.63) is 35.9 Å². The number of carboxylic acids is 1. The van der Waals surface area contributed by atoms with Crippen LogP contribution in [0.4, 0.5) is 0 Å². The van der Waals surface area contributed by atoms with E-state index in [0.29, 0.717) is 14.0 Å². The van der Waals surface area contributed by atoms with Gasteiger partial charge in [-0.15, -0.1) is 0 Å². The maximum Gasteiger partial charge on any atom is 0.360 e. The van der Waals surface area contributed by atoms with E-state index in [-0.39, 0.29) is 17.9 Å². The molecule has 0 spiro atoms. The minimum atomic E-state index is -0.930. The first-order valence-corrected chi connectivity index (χ1v) is 11.0. The molecule has 166 valence electrons. The summed E-state index contributed by atoms with van der Waals surface area (Å²) in [7, 11) is 2.14. The van der Waals surface area contributed by atoms with E-state index in [1.807, 2.05) is 42.2 Å². The molecule has 2 rings (SSSR count). The highest BCUT2D eigenvalue weighted by Gasteiger charge is 2.35. The molecule has 1 aromatic carbocycles. The molecule has 3 N–H and O–H groups in total. The van der Waals surface area contributed by atoms with Gasteiger partial charge >= 0.3 is 13.6 Å². The first kappa shape index (κ1) is 24.4. The lowest BCUT2D eigenvalue weighted by atomic mass is 9.92. The quantitative estimate of drug-likeness (QED) is 0.336. The van der Waals surface area contributed by atoms with Gasteiger partial charge in [0.2, 0.25) is 5.91 Å². The van der Waals surface area contributed by atoms with Gasteiger partial charge < -0.3 is 19.9 Å². The first-order chi connectivity index (χ1) is 14.5. The fraction of sp³-hybridized carbons (Fsp3) is 0.636. The Balaban J connectivity index is 2.08. The van der Waals surface area contributed by atoms with E-state index >= 15 is 0 Å². The topological polar surface area (TPSA) is 90.9 Å². The summed E-state index contributed by atoms with van der Waals surface area (Å²) in [6.45, 7) is 5.52. The molecule has 8 heteroatoms. The highest BCUT2D eigenvalue weighted by atomic mass is 16.4. The summed E-state index contributed by atoms with van der Waals surface area (Å²) in [6.07, 6.45) is 4.35. The van der Waals surface area contributed by atoms with E-state index in [2.05, 4.69) is 17.5 Å². The van der Waals surface area contributed by atoms with Crippen LogP contribution in [0.25, 0.3) is 0 Å². The van der Waals surface area contributed by atoms with Gasteiger partial charge in [0, 0.05) is 25.6 Å². The summed E-state index contributed by atoms with van der Waals surface area (Å²) in [6, 6.07) is 8.48. The summed E-state index contributed by atoms with van der Waals surface area (Å²) in [5.74, 6) is -1.16. The van der Waals surface area contributed by atoms with Crippen molar-refractivity contribution >= 4 is 19.5 Å². The summed E-state index contributed by atoms with van der Waals surface area (Å²) in [5, 5.41) is 16.3. The third-order valence-corrected chi connectivity index (χ3v) is 5.95. The zero-order chi connectivity index (χ0) is 21.9. The Morgan fingerprint density at radius 1 is 1.30 bits per heavy atom. The van der Waals surface area contributed by atoms with Crippen LogP contribution in [0, 0.1) is 0 Å². The number of hydrogen-bond donors (Lipinski definition) is 3. The Labute approximate surface area is 180 Å². The molecule has 4 atom stereocenters. The molecule has 1 amide bonds. The molecule has 0 aromatic heterocycles. The normalized spacial score (nSPS) is 19.3. The molecule has 0 bridgehead atoms. The molecule has 7 nitrogen and oxygen atoms in total. The molecular weight excluding hydrogens is 381 g/mol. The molecule has 1 aromatic rings. The van der Waals surface area contributed by atoms with Gasteiger partial charge in [0.1, 0.15) is 6.04 Å². The Morgan fingerprint density at radius 3 is 2.63 bits per heavy atom. The van der Waals surface area contributed by atoms with Crippen LogP contribution in [0.15, 0.2) is 30.3 Å². The van der Waals surface area contributed by atoms with Crippen molar-refractivity contribution in [1.82, 2.24) is 15.4 Å². The van der Waals surface area contributed by atoms with Crippen LogP contribution in [0.2, 0.25) is 0 Å². The monoisotopic (exact) mass is 417 g/mol. The van der Waals surface area contributed by atoms with Gasteiger partial charge in [-0.3, -0.25) is 14.9 Å². The summed E-state index contributed by atoms with van der Waals surface area (Å²) in [5.41, 5.74) is 0.946. The number of carbonyl (C=O) groups excluding carboxylic acids is 1. The second-order valence-electron chi connectivity index (χ2n) is 8.19. The largest absolute Gasteiger partial charge is 0.480 e. The van der Waals surface area contributed by atoms with Gasteiger partial charge in [-0.05, 0) is 44.7 Å². The van der Waals surface area contributed by atoms with Gasteiger partial charge in [0.15, 0.2) is 0 Å². The van der Waals surface area contributed by atoms with Crippen molar-refractivity contribution < 1.29 is 19.3 Å². The van der Waals surface area contributed by atoms with Crippen LogP contribution in [-0.4, -0.2) is 67.8 Å². The lowest BCUT2D eigenvalue weighted by Gasteiger charge is -2.31. The third kappa shape index (κ3) is 7.11. The molecule has 1 saturated heterocycles. The average Bonchev–Trinajstić information content (AvgIpc) is 3.18. The Bertz CT molecular complexity index is 661. The number of nitrogens with zero attached hydrogens (tertiary/aromatic N) is 1. The lowest BCUT2D eigenvalue weighted by molar-refractivity contribution is -0.141. The fourth-order valence-corrected chi connectivity index (χ4v) is 4.11. The van der Waals surface area contributed by atoms with Crippen LogP contribution in [0.3, 0.4) is 0 Å². The molecule has 4 unspecified atom stereocenters. The summed E-state index contributed by atoms with van der Waals surface area (Å²) < 4.78 is 4.98. The molecule has 0 saturated carbocycles. The van der Waals surface area contributed by atoms with Crippen molar-refractivity contribution in [1.29, 1.82) is 0 Å². The number of nitrogens with one attached hydrogen (secondary N) is 2. The number of rotatable bonds is 13. The predicted molar refractivity (Wildman–Crippen MR) is 120 cm³/mol. The van der Waals surface area contributed by atoms with Crippen molar-refractivity contribution in [3.63, 3.8) is 0 Å². The van der Waals surface area contributed by atoms with Crippen LogP contribution in [-0.2, 0) is 14.2 Å². The van der Waals surface area contributed by atoms with Crippen molar-refractivity contribution in [2.45, 2.75) is 70.0 Å². The van der Waals surface area contributed by atoms with Crippen molar-refractivity contribution in [2.75, 3.05) is 20.2 Å². The van der Waals surface area contributed by atoms with E-state index < -0.39 is 18.1 Å². The Morgan fingerprint density at radius 2 is 2.03 bits per heavy atom. The number of carboxylic acid groups (broad SMARTS) is 1. The number of hydrogen-bond acceptors (Lipinski definition) is 5. The van der Waals surface area contributed by atoms with Gasteiger partial charge in [-0.1, -0.05) is 43.7 Å². The van der Waals surface area contributed by atoms with Gasteiger partial charge in [0.25, 0.3) is 0 Å². The van der Waals surface area contributed by atoms with Crippen LogP contribution >= 0.6 is 0 Å². The molecule has 30 heavy (non-hydrogen) atoms. The predicted octanol–water partition coefficient (Wildman–Crippen LogP) is 1.89. The standard InChI is InChI=1S/C22H36BN3O4/c1-16-10-9-15-26(16)21(27)19(13-7-8-14-24-23-30-3)25-20(22(28)29)17(2)18-11-5-4-6-12-18/h4-6,11-12,16-17,19-20,23-25H,7-10,13-15H2,1-3H3,(H,28,29). The fourth-order valence-electron chi connectivity index (χ4n) is 4.11. The first-order valence-electron chi connectivity index (χ1n) is 11.0. The van der Waals surface area contributed by atoms with Crippen LogP contribution < -0.4 is 10.5 Å². The highest BCUT2D eigenvalue weighted by Crippen LogP contribution is 2.23. The number of carbonyl (C=O) groups is 2. The number of amides is 1. The van der Waals surface area contributed by atoms with Gasteiger partial charge in [-0.25, -0.2) is 0 Å². The number of unbranched alkanes of at least 4 members (excludes halogenated alkanes) is 1. The van der Waals surface area contributed by atoms with E-state index in [1.165, 1.54) is 0 Å². The lowest BCUT2D eigenvalue weighted by Crippen LogP contribution is -2.54. The molecule has 1 heterocycles. The molecule has 1 aliphatic heterocycles. The molecule has 0 aliphatic carbocycles. The molecular formula is C22H36BN3O4. The maximum absolute atomic E-state index is 13.3. The van der Waals surface area contributed by atoms with E-state index in [0.717, 1.165) is 44.3 Å². The molecule has 1 fully saturated rings. The number of benzene rings is 1. The summed E-state index contributed by atoms with van der Waals surface area (Å²) in [4.78, 5) is 27.3. The summed E-state index contributed by atoms with van der Waals surface area (Å²) >= 11 is 0. The zero-order valence-corrected chi connectivity index (χ0v) is 18.5. The average molecular weight is 417 g/mol. The minimum Gasteiger partial charge on any atom is -0.480 e. The Kier molecular flexibility index (Phi) is 10.3. The van der Waals surface area contributed by atoms with Gasteiger partial charge in [0.05, 0.1) is 6.04 Å². The minimum absolute atomic E-state index is 0.0244. The molecule has 1 aliphatic rings. The van der Waals surface area contributed by atoms with Crippen LogP contribution in [0.5, 0.6) is 0 Å². The van der Waals surface area contributed by atoms with Crippen molar-refractivity contribution in [2.24, 2.45) is 0 Å². The third-order valence-electron chi connectivity index (χ3n) is 5.95. The van der Waals surface area contributed by atoms with E-state index in [4.69, 9.17) is 4.65 Å². The van der Waals surface area contributed by atoms with E-state index in [9.17, 15) is 14.7 Å². The number of likely N-dealkylation sites (tertiary alicyclic amines) is 1. The van der Waals surface area contributed by atoms with Gasteiger partial charge in [-0.2, -0.15) is 0 Å². The second kappa shape index (κ2) is 12.7. The number of aliphatic carboxylic acids is 1. The Hall–Kier alpha value is -1.90. The van der Waals surface area contributed by atoms with Crippen molar-refractivity contribution in [3.8, 4) is 0 Å². The SMILES string of the molecule is COBNCCCCC(NC(C(=O)O)C(C)c1ccccc1)C(=O)N1CCCC1C. The zero-order valence-electron chi connectivity index (χ0n) is 18.5. The highest BCUT2D eigenvalue weighted by molar-refractivity contribution is 6.23.